The van der Waals surface area contributed by atoms with E-state index in [0.717, 1.165) is 12.8 Å². The maximum atomic E-state index is 11.3. The summed E-state index contributed by atoms with van der Waals surface area (Å²) in [6.07, 6.45) is 4.72. The Balaban J connectivity index is 2.39. The molecule has 1 fully saturated rings. The van der Waals surface area contributed by atoms with Crippen molar-refractivity contribution in [3.8, 4) is 0 Å². The van der Waals surface area contributed by atoms with Gasteiger partial charge in [-0.15, -0.1) is 0 Å². The summed E-state index contributed by atoms with van der Waals surface area (Å²) in [6, 6.07) is 7.78. The van der Waals surface area contributed by atoms with E-state index in [1.54, 1.807) is 0 Å². The van der Waals surface area contributed by atoms with Crippen molar-refractivity contribution in [2.45, 2.75) is 38.0 Å². The van der Waals surface area contributed by atoms with Gasteiger partial charge in [0, 0.05) is 5.56 Å². The van der Waals surface area contributed by atoms with Crippen LogP contribution in [0.4, 0.5) is 0 Å². The first-order valence-corrected chi connectivity index (χ1v) is 5.59. The van der Waals surface area contributed by atoms with Gasteiger partial charge in [0.25, 0.3) is 0 Å². The molecule has 1 saturated carbocycles. The summed E-state index contributed by atoms with van der Waals surface area (Å²) in [5.74, 6) is -0.298. The quantitative estimate of drug-likeness (QED) is 0.803. The molecule has 1 aromatic carbocycles. The Morgan fingerprint density at radius 2 is 2.07 bits per heavy atom. The van der Waals surface area contributed by atoms with Crippen LogP contribution in [0.2, 0.25) is 0 Å². The summed E-state index contributed by atoms with van der Waals surface area (Å²) >= 11 is 0. The second-order valence-corrected chi connectivity index (χ2v) is 4.44. The minimum absolute atomic E-state index is 0.264. The molecule has 0 radical (unpaired) electrons. The monoisotopic (exact) mass is 203 g/mol. The maximum absolute atomic E-state index is 11.3. The topological polar surface area (TPSA) is 43.1 Å². The molecule has 2 heteroatoms. The third-order valence-corrected chi connectivity index (χ3v) is 3.35. The molecule has 0 atom stereocenters. The summed E-state index contributed by atoms with van der Waals surface area (Å²) in [5.41, 5.74) is 7.54. The Kier molecular flexibility index (Phi) is 2.51. The van der Waals surface area contributed by atoms with Gasteiger partial charge in [0.1, 0.15) is 0 Å². The van der Waals surface area contributed by atoms with Gasteiger partial charge in [0.2, 0.25) is 5.91 Å². The summed E-state index contributed by atoms with van der Waals surface area (Å²) in [5, 5.41) is 0. The molecule has 2 N–H and O–H groups in total. The molecule has 1 amide bonds. The van der Waals surface area contributed by atoms with Crippen LogP contribution in [0.3, 0.4) is 0 Å². The summed E-state index contributed by atoms with van der Waals surface area (Å²) in [7, 11) is 0. The predicted octanol–water partition coefficient (Wildman–Crippen LogP) is 2.62. The predicted molar refractivity (Wildman–Crippen MR) is 60.8 cm³/mol. The first kappa shape index (κ1) is 10.2. The van der Waals surface area contributed by atoms with Crippen molar-refractivity contribution in [2.75, 3.05) is 0 Å². The van der Waals surface area contributed by atoms with Gasteiger partial charge in [-0.2, -0.15) is 0 Å². The van der Waals surface area contributed by atoms with Crippen LogP contribution >= 0.6 is 0 Å². The Morgan fingerprint density at radius 3 is 2.60 bits per heavy atom. The molecule has 0 unspecified atom stereocenters. The van der Waals surface area contributed by atoms with Gasteiger partial charge in [0.15, 0.2) is 0 Å². The van der Waals surface area contributed by atoms with Crippen molar-refractivity contribution < 1.29 is 4.79 Å². The van der Waals surface area contributed by atoms with Crippen molar-refractivity contribution in [3.05, 3.63) is 35.4 Å². The number of primary amides is 1. The standard InChI is InChI=1S/C13H17NO/c1-2-7-13(8-9-13)11-6-4-3-5-10(11)12(14)15/h3-6H,2,7-9H2,1H3,(H2,14,15). The SMILES string of the molecule is CCCC1(c2ccccc2C(N)=O)CC1. The number of amides is 1. The van der Waals surface area contributed by atoms with Crippen LogP contribution in [0, 0.1) is 0 Å². The number of carbonyl (C=O) groups excluding carboxylic acids is 1. The molecule has 80 valence electrons. The Morgan fingerprint density at radius 1 is 1.40 bits per heavy atom. The summed E-state index contributed by atoms with van der Waals surface area (Å²) in [4.78, 5) is 11.3. The lowest BCUT2D eigenvalue weighted by molar-refractivity contribution is 0.0998. The number of hydrogen-bond donors (Lipinski definition) is 1. The van der Waals surface area contributed by atoms with E-state index in [9.17, 15) is 4.79 Å². The van der Waals surface area contributed by atoms with Crippen LogP contribution in [-0.4, -0.2) is 5.91 Å². The zero-order chi connectivity index (χ0) is 10.9. The molecule has 15 heavy (non-hydrogen) atoms. The lowest BCUT2D eigenvalue weighted by Gasteiger charge is -2.17. The average Bonchev–Trinajstić information content (AvgIpc) is 2.99. The van der Waals surface area contributed by atoms with Crippen molar-refractivity contribution in [1.82, 2.24) is 0 Å². The lowest BCUT2D eigenvalue weighted by Crippen LogP contribution is -2.18. The highest BCUT2D eigenvalue weighted by molar-refractivity contribution is 5.94. The zero-order valence-corrected chi connectivity index (χ0v) is 9.12. The molecule has 2 rings (SSSR count). The van der Waals surface area contributed by atoms with E-state index in [4.69, 9.17) is 5.73 Å². The average molecular weight is 203 g/mol. The van der Waals surface area contributed by atoms with E-state index in [0.29, 0.717) is 5.56 Å². The highest BCUT2D eigenvalue weighted by Gasteiger charge is 2.44. The van der Waals surface area contributed by atoms with Gasteiger partial charge < -0.3 is 5.73 Å². The number of benzene rings is 1. The van der Waals surface area contributed by atoms with Crippen LogP contribution in [0.5, 0.6) is 0 Å². The Hall–Kier alpha value is -1.31. The lowest BCUT2D eigenvalue weighted by atomic mass is 9.87. The van der Waals surface area contributed by atoms with E-state index in [1.807, 2.05) is 18.2 Å². The highest BCUT2D eigenvalue weighted by atomic mass is 16.1. The normalized spacial score (nSPS) is 17.4. The van der Waals surface area contributed by atoms with Gasteiger partial charge in [-0.3, -0.25) is 4.79 Å². The second-order valence-electron chi connectivity index (χ2n) is 4.44. The molecule has 0 bridgehead atoms. The summed E-state index contributed by atoms with van der Waals surface area (Å²) in [6.45, 7) is 2.19. The largest absolute Gasteiger partial charge is 0.366 e. The van der Waals surface area contributed by atoms with Crippen LogP contribution in [0.15, 0.2) is 24.3 Å². The van der Waals surface area contributed by atoms with Gasteiger partial charge in [-0.05, 0) is 36.3 Å². The van der Waals surface area contributed by atoms with Crippen LogP contribution in [0.1, 0.15) is 48.5 Å². The van der Waals surface area contributed by atoms with Crippen molar-refractivity contribution in [1.29, 1.82) is 0 Å². The molecular weight excluding hydrogens is 186 g/mol. The van der Waals surface area contributed by atoms with Crippen molar-refractivity contribution in [2.24, 2.45) is 5.73 Å². The van der Waals surface area contributed by atoms with Gasteiger partial charge in [-0.25, -0.2) is 0 Å². The molecule has 1 aliphatic rings. The van der Waals surface area contributed by atoms with Crippen molar-refractivity contribution in [3.63, 3.8) is 0 Å². The number of rotatable bonds is 4. The van der Waals surface area contributed by atoms with Crippen molar-refractivity contribution >= 4 is 5.91 Å². The minimum Gasteiger partial charge on any atom is -0.366 e. The van der Waals surface area contributed by atoms with E-state index in [1.165, 1.54) is 18.4 Å². The van der Waals surface area contributed by atoms with Crippen LogP contribution in [-0.2, 0) is 5.41 Å². The second kappa shape index (κ2) is 3.69. The fraction of sp³-hybridized carbons (Fsp3) is 0.462. The van der Waals surface area contributed by atoms with Gasteiger partial charge in [-0.1, -0.05) is 31.5 Å². The number of hydrogen-bond acceptors (Lipinski definition) is 1. The first-order valence-electron chi connectivity index (χ1n) is 5.59. The zero-order valence-electron chi connectivity index (χ0n) is 9.12. The van der Waals surface area contributed by atoms with E-state index in [-0.39, 0.29) is 11.3 Å². The smallest absolute Gasteiger partial charge is 0.248 e. The Bertz CT molecular complexity index is 380. The third-order valence-electron chi connectivity index (χ3n) is 3.35. The van der Waals surface area contributed by atoms with E-state index >= 15 is 0 Å². The fourth-order valence-electron chi connectivity index (χ4n) is 2.44. The summed E-state index contributed by atoms with van der Waals surface area (Å²) < 4.78 is 0. The maximum Gasteiger partial charge on any atom is 0.248 e. The molecule has 0 spiro atoms. The molecular formula is C13H17NO. The van der Waals surface area contributed by atoms with Gasteiger partial charge in [0.05, 0.1) is 0 Å². The van der Waals surface area contributed by atoms with E-state index in [2.05, 4.69) is 13.0 Å². The van der Waals surface area contributed by atoms with E-state index < -0.39 is 0 Å². The third kappa shape index (κ3) is 1.76. The molecule has 1 aliphatic carbocycles. The number of carbonyl (C=O) groups is 1. The highest BCUT2D eigenvalue weighted by Crippen LogP contribution is 2.52. The Labute approximate surface area is 90.5 Å². The number of nitrogens with two attached hydrogens (primary N) is 1. The fourth-order valence-corrected chi connectivity index (χ4v) is 2.44. The molecule has 0 heterocycles. The molecule has 2 nitrogen and oxygen atoms in total. The molecule has 0 aliphatic heterocycles. The van der Waals surface area contributed by atoms with Crippen LogP contribution < -0.4 is 5.73 Å². The molecule has 1 aromatic rings. The van der Waals surface area contributed by atoms with Gasteiger partial charge >= 0.3 is 0 Å². The molecule has 0 saturated heterocycles. The first-order chi connectivity index (χ1) is 7.19. The molecule has 0 aromatic heterocycles. The minimum atomic E-state index is -0.298. The van der Waals surface area contributed by atoms with Crippen LogP contribution in [0.25, 0.3) is 0 Å².